The summed E-state index contributed by atoms with van der Waals surface area (Å²) in [4.78, 5) is 26.1. The molecule has 132 valence electrons. The van der Waals surface area contributed by atoms with Crippen LogP contribution in [0.5, 0.6) is 11.5 Å². The van der Waals surface area contributed by atoms with Gasteiger partial charge in [0.25, 0.3) is 11.7 Å². The summed E-state index contributed by atoms with van der Waals surface area (Å²) in [6.45, 7) is 0.121. The number of aliphatic hydroxyl groups excluding tert-OH is 1. The van der Waals surface area contributed by atoms with Gasteiger partial charge in [0.05, 0.1) is 11.6 Å². The van der Waals surface area contributed by atoms with Crippen molar-refractivity contribution in [2.45, 2.75) is 6.04 Å². The molecule has 0 bridgehead atoms. The fraction of sp³-hybridized carbons (Fsp3) is 0.158. The van der Waals surface area contributed by atoms with Gasteiger partial charge >= 0.3 is 0 Å². The van der Waals surface area contributed by atoms with Crippen molar-refractivity contribution in [3.05, 3.63) is 64.2 Å². The smallest absolute Gasteiger partial charge is 0.295 e. The van der Waals surface area contributed by atoms with E-state index in [-0.39, 0.29) is 18.1 Å². The summed E-state index contributed by atoms with van der Waals surface area (Å²) in [5.41, 5.74) is 1.08. The fourth-order valence-electron chi connectivity index (χ4n) is 3.18. The molecule has 2 aromatic carbocycles. The summed E-state index contributed by atoms with van der Waals surface area (Å²) in [6.07, 6.45) is 0. The minimum Gasteiger partial charge on any atom is -0.507 e. The zero-order chi connectivity index (χ0) is 18.4. The Morgan fingerprint density at radius 1 is 1.12 bits per heavy atom. The van der Waals surface area contributed by atoms with Gasteiger partial charge in [0.1, 0.15) is 5.76 Å². The number of aliphatic hydroxyl groups is 1. The number of fused-ring (bicyclic) bond motifs is 1. The highest BCUT2D eigenvalue weighted by Crippen LogP contribution is 2.42. The third-order valence-electron chi connectivity index (χ3n) is 4.51. The number of ether oxygens (including phenoxy) is 2. The number of hydrogen-bond donors (Lipinski definition) is 1. The highest BCUT2D eigenvalue weighted by molar-refractivity contribution is 6.46. The van der Waals surface area contributed by atoms with Crippen molar-refractivity contribution < 1.29 is 24.2 Å². The maximum Gasteiger partial charge on any atom is 0.295 e. The van der Waals surface area contributed by atoms with Crippen molar-refractivity contribution in [1.29, 1.82) is 0 Å². The van der Waals surface area contributed by atoms with Gasteiger partial charge in [-0.2, -0.15) is 0 Å². The lowest BCUT2D eigenvalue weighted by molar-refractivity contribution is -0.139. The molecule has 1 saturated heterocycles. The normalized spacial score (nSPS) is 20.7. The molecule has 26 heavy (non-hydrogen) atoms. The summed E-state index contributed by atoms with van der Waals surface area (Å²) < 4.78 is 10.7. The van der Waals surface area contributed by atoms with Crippen molar-refractivity contribution in [2.24, 2.45) is 0 Å². The molecule has 4 rings (SSSR count). The number of hydrogen-bond acceptors (Lipinski definition) is 5. The Balaban J connectivity index is 1.85. The van der Waals surface area contributed by atoms with E-state index in [1.165, 1.54) is 11.9 Å². The lowest BCUT2D eigenvalue weighted by atomic mass is 9.95. The molecule has 6 nitrogen and oxygen atoms in total. The van der Waals surface area contributed by atoms with Crippen LogP contribution in [0.4, 0.5) is 0 Å². The second kappa shape index (κ2) is 6.07. The topological polar surface area (TPSA) is 76.1 Å². The molecule has 0 aliphatic carbocycles. The number of benzene rings is 2. The van der Waals surface area contributed by atoms with Crippen LogP contribution in [0.25, 0.3) is 5.76 Å². The van der Waals surface area contributed by atoms with Crippen molar-refractivity contribution in [1.82, 2.24) is 4.90 Å². The van der Waals surface area contributed by atoms with E-state index in [2.05, 4.69) is 0 Å². The van der Waals surface area contributed by atoms with Gasteiger partial charge in [-0.05, 0) is 42.0 Å². The second-order valence-electron chi connectivity index (χ2n) is 6.03. The quantitative estimate of drug-likeness (QED) is 0.498. The molecule has 2 heterocycles. The van der Waals surface area contributed by atoms with Gasteiger partial charge in [0.15, 0.2) is 11.5 Å². The average Bonchev–Trinajstić information content (AvgIpc) is 3.19. The standard InChI is InChI=1S/C19H14ClNO5/c1-21-16(11-4-7-13-14(8-11)26-9-25-13)15(18(23)19(21)24)17(22)10-2-5-12(20)6-3-10/h2-8,16,22H,9H2,1H3/t16-/m0/s1. The number of amides is 1. The minimum absolute atomic E-state index is 0.0266. The Hall–Kier alpha value is -2.99. The van der Waals surface area contributed by atoms with E-state index < -0.39 is 17.7 Å². The lowest BCUT2D eigenvalue weighted by Crippen LogP contribution is -2.24. The molecule has 0 unspecified atom stereocenters. The van der Waals surface area contributed by atoms with Gasteiger partial charge in [-0.15, -0.1) is 0 Å². The minimum atomic E-state index is -0.734. The molecule has 1 atom stereocenters. The highest BCUT2D eigenvalue weighted by Gasteiger charge is 2.44. The first kappa shape index (κ1) is 16.5. The van der Waals surface area contributed by atoms with E-state index in [1.54, 1.807) is 42.5 Å². The number of ketones is 1. The van der Waals surface area contributed by atoms with Gasteiger partial charge in [-0.1, -0.05) is 17.7 Å². The number of carbonyl (C=O) groups excluding carboxylic acids is 2. The predicted molar refractivity (Wildman–Crippen MR) is 94.1 cm³/mol. The Labute approximate surface area is 154 Å². The summed E-state index contributed by atoms with van der Waals surface area (Å²) >= 11 is 5.88. The van der Waals surface area contributed by atoms with E-state index in [9.17, 15) is 14.7 Å². The number of Topliss-reactive ketones (excluding diaryl/α,β-unsaturated/α-hetero) is 1. The van der Waals surface area contributed by atoms with Gasteiger partial charge in [0.2, 0.25) is 6.79 Å². The van der Waals surface area contributed by atoms with E-state index in [0.717, 1.165) is 0 Å². The Morgan fingerprint density at radius 3 is 2.54 bits per heavy atom. The highest BCUT2D eigenvalue weighted by atomic mass is 35.5. The number of halogens is 1. The first-order valence-corrected chi connectivity index (χ1v) is 8.25. The molecule has 2 aliphatic rings. The molecule has 1 fully saturated rings. The molecular formula is C19H14ClNO5. The fourth-order valence-corrected chi connectivity index (χ4v) is 3.31. The molecule has 0 spiro atoms. The molecule has 2 aromatic rings. The molecule has 0 aromatic heterocycles. The van der Waals surface area contributed by atoms with E-state index in [4.69, 9.17) is 21.1 Å². The first-order valence-electron chi connectivity index (χ1n) is 7.87. The molecule has 7 heteroatoms. The zero-order valence-electron chi connectivity index (χ0n) is 13.7. The van der Waals surface area contributed by atoms with Crippen LogP contribution in [0.3, 0.4) is 0 Å². The Kier molecular flexibility index (Phi) is 3.85. The zero-order valence-corrected chi connectivity index (χ0v) is 14.5. The Morgan fingerprint density at radius 2 is 1.81 bits per heavy atom. The van der Waals surface area contributed by atoms with Crippen molar-refractivity contribution >= 4 is 29.1 Å². The van der Waals surface area contributed by atoms with Crippen molar-refractivity contribution in [3.63, 3.8) is 0 Å². The van der Waals surface area contributed by atoms with Crippen LogP contribution in [0.2, 0.25) is 5.02 Å². The summed E-state index contributed by atoms with van der Waals surface area (Å²) in [6, 6.07) is 10.9. The first-order chi connectivity index (χ1) is 12.5. The summed E-state index contributed by atoms with van der Waals surface area (Å²) in [7, 11) is 1.53. The van der Waals surface area contributed by atoms with Crippen LogP contribution in [0.15, 0.2) is 48.0 Å². The van der Waals surface area contributed by atoms with Crippen LogP contribution in [0.1, 0.15) is 17.2 Å². The lowest BCUT2D eigenvalue weighted by Gasteiger charge is -2.21. The summed E-state index contributed by atoms with van der Waals surface area (Å²) in [5.74, 6) is -0.523. The number of likely N-dealkylation sites (N-methyl/N-ethyl adjacent to an activating group) is 1. The van der Waals surface area contributed by atoms with Crippen molar-refractivity contribution in [2.75, 3.05) is 13.8 Å². The van der Waals surface area contributed by atoms with Crippen LogP contribution < -0.4 is 9.47 Å². The third kappa shape index (κ3) is 2.50. The third-order valence-corrected chi connectivity index (χ3v) is 4.76. The van der Waals surface area contributed by atoms with Gasteiger partial charge in [0, 0.05) is 17.6 Å². The van der Waals surface area contributed by atoms with Gasteiger partial charge in [-0.25, -0.2) is 0 Å². The van der Waals surface area contributed by atoms with Crippen LogP contribution in [-0.2, 0) is 9.59 Å². The van der Waals surface area contributed by atoms with Crippen LogP contribution in [-0.4, -0.2) is 35.5 Å². The van der Waals surface area contributed by atoms with Crippen molar-refractivity contribution in [3.8, 4) is 11.5 Å². The second-order valence-corrected chi connectivity index (χ2v) is 6.47. The maximum absolute atomic E-state index is 12.5. The number of carbonyl (C=O) groups is 2. The molecule has 0 radical (unpaired) electrons. The number of likely N-dealkylation sites (tertiary alicyclic amines) is 1. The largest absolute Gasteiger partial charge is 0.507 e. The van der Waals surface area contributed by atoms with E-state index in [1.807, 2.05) is 0 Å². The van der Waals surface area contributed by atoms with Gasteiger partial charge in [-0.3, -0.25) is 9.59 Å². The van der Waals surface area contributed by atoms with E-state index >= 15 is 0 Å². The average molecular weight is 372 g/mol. The van der Waals surface area contributed by atoms with Crippen LogP contribution >= 0.6 is 11.6 Å². The molecule has 1 amide bonds. The Bertz CT molecular complexity index is 951. The molecule has 0 saturated carbocycles. The molecule has 1 N–H and O–H groups in total. The van der Waals surface area contributed by atoms with Crippen LogP contribution in [0, 0.1) is 0 Å². The maximum atomic E-state index is 12.5. The molecule has 2 aliphatic heterocycles. The molecular weight excluding hydrogens is 358 g/mol. The SMILES string of the molecule is CN1C(=O)C(=O)C(=C(O)c2ccc(Cl)cc2)[C@@H]1c1ccc2c(c1)OCO2. The van der Waals surface area contributed by atoms with E-state index in [0.29, 0.717) is 27.6 Å². The monoisotopic (exact) mass is 371 g/mol. The predicted octanol–water partition coefficient (Wildman–Crippen LogP) is 3.12. The number of nitrogens with zero attached hydrogens (tertiary/aromatic N) is 1. The van der Waals surface area contributed by atoms with Gasteiger partial charge < -0.3 is 19.5 Å². The number of rotatable bonds is 2. The summed E-state index contributed by atoms with van der Waals surface area (Å²) in [5, 5.41) is 11.2.